The van der Waals surface area contributed by atoms with Gasteiger partial charge < -0.3 is 9.47 Å². The van der Waals surface area contributed by atoms with Gasteiger partial charge in [0.2, 0.25) is 0 Å². The van der Waals surface area contributed by atoms with Crippen LogP contribution in [-0.4, -0.2) is 25.0 Å². The number of nitroso groups, excluding NO2 is 1. The second-order valence-corrected chi connectivity index (χ2v) is 10.1. The van der Waals surface area contributed by atoms with Crippen molar-refractivity contribution in [1.82, 2.24) is 0 Å². The molecule has 0 bridgehead atoms. The van der Waals surface area contributed by atoms with E-state index in [-0.39, 0.29) is 17.2 Å². The van der Waals surface area contributed by atoms with Crippen LogP contribution in [0, 0.1) is 39.4 Å². The van der Waals surface area contributed by atoms with Crippen LogP contribution in [0.2, 0.25) is 0 Å². The molecule has 1 spiro atoms. The Morgan fingerprint density at radius 2 is 1.64 bits per heavy atom. The number of rotatable bonds is 1. The summed E-state index contributed by atoms with van der Waals surface area (Å²) in [6, 6.07) is 0.0820. The molecule has 4 saturated carbocycles. The molecule has 1 aliphatic heterocycles. The van der Waals surface area contributed by atoms with Gasteiger partial charge in [0.15, 0.2) is 5.79 Å². The second-order valence-electron chi connectivity index (χ2n) is 10.1. The highest BCUT2D eigenvalue weighted by molar-refractivity contribution is 5.13. The summed E-state index contributed by atoms with van der Waals surface area (Å²) >= 11 is 0. The fourth-order valence-electron chi connectivity index (χ4n) is 8.22. The molecule has 7 atom stereocenters. The normalized spacial score (nSPS) is 53.9. The van der Waals surface area contributed by atoms with Gasteiger partial charge in [-0.2, -0.15) is 4.91 Å². The zero-order chi connectivity index (χ0) is 17.3. The Morgan fingerprint density at radius 1 is 0.880 bits per heavy atom. The van der Waals surface area contributed by atoms with Crippen LogP contribution in [-0.2, 0) is 9.47 Å². The van der Waals surface area contributed by atoms with Gasteiger partial charge >= 0.3 is 0 Å². The van der Waals surface area contributed by atoms with Gasteiger partial charge in [0.05, 0.1) is 19.3 Å². The SMILES string of the molecule is C[C@]12CCC(N=O)CC1CC[C@@H]1[C@@H]2CC[C@@]2(C)[C@H]1CCC21OCCO1. The zero-order valence-corrected chi connectivity index (χ0v) is 15.8. The summed E-state index contributed by atoms with van der Waals surface area (Å²) < 4.78 is 12.5. The number of hydrogen-bond acceptors (Lipinski definition) is 4. The first-order chi connectivity index (χ1) is 12.0. The minimum Gasteiger partial charge on any atom is -0.347 e. The maximum atomic E-state index is 11.1. The molecule has 4 heteroatoms. The van der Waals surface area contributed by atoms with Crippen LogP contribution in [0.1, 0.15) is 71.6 Å². The molecule has 2 unspecified atom stereocenters. The zero-order valence-electron chi connectivity index (χ0n) is 15.8. The van der Waals surface area contributed by atoms with Crippen molar-refractivity contribution in [1.29, 1.82) is 0 Å². The average molecular weight is 347 g/mol. The topological polar surface area (TPSA) is 47.9 Å². The van der Waals surface area contributed by atoms with Crippen LogP contribution >= 0.6 is 0 Å². The summed E-state index contributed by atoms with van der Waals surface area (Å²) in [6.07, 6.45) is 10.8. The van der Waals surface area contributed by atoms with Crippen LogP contribution in [0.15, 0.2) is 5.18 Å². The molecule has 5 rings (SSSR count). The van der Waals surface area contributed by atoms with Gasteiger partial charge in [-0.3, -0.25) is 0 Å². The van der Waals surface area contributed by atoms with Crippen LogP contribution in [0.25, 0.3) is 0 Å². The summed E-state index contributed by atoms with van der Waals surface area (Å²) in [4.78, 5) is 11.1. The molecule has 5 fully saturated rings. The molecule has 0 aromatic carbocycles. The highest BCUT2D eigenvalue weighted by Gasteiger charge is 2.67. The van der Waals surface area contributed by atoms with Crippen LogP contribution < -0.4 is 0 Å². The summed E-state index contributed by atoms with van der Waals surface area (Å²) in [5.74, 6) is 2.84. The lowest BCUT2D eigenvalue weighted by Gasteiger charge is -2.61. The minimum atomic E-state index is -0.278. The van der Waals surface area contributed by atoms with Crippen molar-refractivity contribution in [3.05, 3.63) is 4.91 Å². The Morgan fingerprint density at radius 3 is 2.40 bits per heavy atom. The van der Waals surface area contributed by atoms with Crippen molar-refractivity contribution < 1.29 is 9.47 Å². The number of nitrogens with zero attached hydrogens (tertiary/aromatic N) is 1. The van der Waals surface area contributed by atoms with Gasteiger partial charge in [-0.25, -0.2) is 0 Å². The molecule has 4 nitrogen and oxygen atoms in total. The van der Waals surface area contributed by atoms with E-state index in [1.165, 1.54) is 38.5 Å². The third-order valence-electron chi connectivity index (χ3n) is 9.59. The summed E-state index contributed by atoms with van der Waals surface area (Å²) in [7, 11) is 0. The molecular formula is C21H33NO3. The molecule has 4 aliphatic carbocycles. The van der Waals surface area contributed by atoms with Gasteiger partial charge in [-0.1, -0.05) is 19.0 Å². The highest BCUT2D eigenvalue weighted by Crippen LogP contribution is 2.69. The van der Waals surface area contributed by atoms with Gasteiger partial charge in [-0.05, 0) is 80.5 Å². The van der Waals surface area contributed by atoms with Crippen LogP contribution in [0.3, 0.4) is 0 Å². The summed E-state index contributed by atoms with van der Waals surface area (Å²) in [5.41, 5.74) is 0.633. The number of fused-ring (bicyclic) bond motifs is 6. The largest absolute Gasteiger partial charge is 0.347 e. The Balaban J connectivity index is 1.43. The molecule has 0 N–H and O–H groups in total. The predicted octanol–water partition coefficient (Wildman–Crippen LogP) is 4.91. The van der Waals surface area contributed by atoms with Gasteiger partial charge in [-0.15, -0.1) is 0 Å². The fraction of sp³-hybridized carbons (Fsp3) is 1.00. The van der Waals surface area contributed by atoms with Crippen LogP contribution in [0.5, 0.6) is 0 Å². The van der Waals surface area contributed by atoms with E-state index in [9.17, 15) is 4.91 Å². The molecule has 1 saturated heterocycles. The Labute approximate surface area is 151 Å². The smallest absolute Gasteiger partial charge is 0.174 e. The minimum absolute atomic E-state index is 0.0820. The first kappa shape index (κ1) is 16.7. The van der Waals surface area contributed by atoms with Crippen molar-refractivity contribution in [3.63, 3.8) is 0 Å². The van der Waals surface area contributed by atoms with E-state index >= 15 is 0 Å². The number of ether oxygens (including phenoxy) is 2. The maximum Gasteiger partial charge on any atom is 0.174 e. The van der Waals surface area contributed by atoms with Crippen molar-refractivity contribution in [3.8, 4) is 0 Å². The van der Waals surface area contributed by atoms with E-state index < -0.39 is 0 Å². The fourth-order valence-corrected chi connectivity index (χ4v) is 8.22. The Hall–Kier alpha value is -0.480. The number of hydrogen-bond donors (Lipinski definition) is 0. The maximum absolute atomic E-state index is 11.1. The third kappa shape index (κ3) is 2.07. The summed E-state index contributed by atoms with van der Waals surface area (Å²) in [6.45, 7) is 6.56. The second kappa shape index (κ2) is 5.51. The van der Waals surface area contributed by atoms with Crippen molar-refractivity contribution in [2.75, 3.05) is 13.2 Å². The first-order valence-corrected chi connectivity index (χ1v) is 10.6. The Bertz CT molecular complexity index is 559. The molecule has 5 aliphatic rings. The molecule has 0 radical (unpaired) electrons. The highest BCUT2D eigenvalue weighted by atomic mass is 16.7. The van der Waals surface area contributed by atoms with Crippen LogP contribution in [0.4, 0.5) is 0 Å². The molecule has 0 aromatic heterocycles. The quantitative estimate of drug-likeness (QED) is 0.633. The third-order valence-corrected chi connectivity index (χ3v) is 9.59. The van der Waals surface area contributed by atoms with Gasteiger partial charge in [0.1, 0.15) is 0 Å². The van der Waals surface area contributed by atoms with Gasteiger partial charge in [0.25, 0.3) is 0 Å². The van der Waals surface area contributed by atoms with Crippen molar-refractivity contribution in [2.24, 2.45) is 39.7 Å². The van der Waals surface area contributed by atoms with Crippen molar-refractivity contribution >= 4 is 0 Å². The van der Waals surface area contributed by atoms with E-state index in [1.54, 1.807) is 0 Å². The predicted molar refractivity (Wildman–Crippen MR) is 95.9 cm³/mol. The van der Waals surface area contributed by atoms with Crippen molar-refractivity contribution in [2.45, 2.75) is 83.5 Å². The van der Waals surface area contributed by atoms with E-state index in [1.807, 2.05) is 0 Å². The Kier molecular flexibility index (Phi) is 3.68. The average Bonchev–Trinajstić information content (AvgIpc) is 3.21. The van der Waals surface area contributed by atoms with E-state index in [0.717, 1.165) is 50.2 Å². The lowest BCUT2D eigenvalue weighted by molar-refractivity contribution is -0.247. The van der Waals surface area contributed by atoms with E-state index in [0.29, 0.717) is 11.3 Å². The lowest BCUT2D eigenvalue weighted by Crippen LogP contribution is -2.57. The first-order valence-electron chi connectivity index (χ1n) is 10.6. The molecule has 0 amide bonds. The molecule has 0 aromatic rings. The monoisotopic (exact) mass is 347 g/mol. The molecular weight excluding hydrogens is 314 g/mol. The molecule has 140 valence electrons. The van der Waals surface area contributed by atoms with Gasteiger partial charge in [0, 0.05) is 11.8 Å². The molecule has 1 heterocycles. The summed E-state index contributed by atoms with van der Waals surface area (Å²) in [5, 5.41) is 3.40. The molecule has 25 heavy (non-hydrogen) atoms. The lowest BCUT2D eigenvalue weighted by atomic mass is 9.45. The van der Waals surface area contributed by atoms with E-state index in [2.05, 4.69) is 19.0 Å². The van der Waals surface area contributed by atoms with E-state index in [4.69, 9.17) is 9.47 Å². The standard InChI is InChI=1S/C21H33NO3/c1-19-8-5-15(22-23)13-14(19)3-4-16-17(19)6-9-20(2)18(16)7-10-21(20)24-11-12-25-21/h14-18H,3-13H2,1-2H3/t14?,15?,16-,17+,18+,19+,20+/m1/s1.